The van der Waals surface area contributed by atoms with Crippen LogP contribution in [0, 0.1) is 18.3 Å². The molecule has 0 fully saturated rings. The van der Waals surface area contributed by atoms with Crippen LogP contribution < -0.4 is 10.1 Å². The summed E-state index contributed by atoms with van der Waals surface area (Å²) in [6, 6.07) is 22.6. The maximum absolute atomic E-state index is 12.8. The first-order chi connectivity index (χ1) is 15.1. The van der Waals surface area contributed by atoms with Gasteiger partial charge < -0.3 is 10.1 Å². The standard InChI is InChI=1S/C25H20N4O2/c1-17-8-7-13-29-22(23(28-24(17)29)18-9-4-3-5-10-18)14-19(16-26)25(30)27-20-11-6-12-21(15-20)31-2/h3-15H,1-2H3,(H,27,30). The molecule has 6 nitrogen and oxygen atoms in total. The number of aromatic nitrogens is 2. The average molecular weight is 408 g/mol. The number of hydrogen-bond acceptors (Lipinski definition) is 4. The molecule has 0 unspecified atom stereocenters. The van der Waals surface area contributed by atoms with Crippen molar-refractivity contribution in [1.82, 2.24) is 9.38 Å². The van der Waals surface area contributed by atoms with Crippen molar-refractivity contribution in [1.29, 1.82) is 5.26 Å². The Labute approximate surface area is 180 Å². The SMILES string of the molecule is COc1cccc(NC(=O)C(C#N)=Cc2c(-c3ccccc3)nc3c(C)cccn23)c1. The molecular formula is C25H20N4O2. The van der Waals surface area contributed by atoms with E-state index in [2.05, 4.69) is 5.32 Å². The van der Waals surface area contributed by atoms with Crippen LogP contribution in [-0.2, 0) is 4.79 Å². The number of ether oxygens (including phenoxy) is 1. The van der Waals surface area contributed by atoms with Gasteiger partial charge in [-0.1, -0.05) is 42.5 Å². The Bertz CT molecular complexity index is 1330. The van der Waals surface area contributed by atoms with Crippen LogP contribution in [-0.4, -0.2) is 22.4 Å². The van der Waals surface area contributed by atoms with Crippen molar-refractivity contribution in [2.45, 2.75) is 6.92 Å². The highest BCUT2D eigenvalue weighted by atomic mass is 16.5. The Balaban J connectivity index is 1.80. The molecule has 1 amide bonds. The van der Waals surface area contributed by atoms with E-state index >= 15 is 0 Å². The Hall–Kier alpha value is -4.37. The van der Waals surface area contributed by atoms with Crippen molar-refractivity contribution in [3.05, 3.63) is 89.8 Å². The van der Waals surface area contributed by atoms with Crippen molar-refractivity contribution >= 4 is 23.3 Å². The summed E-state index contributed by atoms with van der Waals surface area (Å²) in [5, 5.41) is 12.5. The Morgan fingerprint density at radius 3 is 2.68 bits per heavy atom. The third-order valence-electron chi connectivity index (χ3n) is 4.90. The van der Waals surface area contributed by atoms with E-state index in [-0.39, 0.29) is 5.57 Å². The smallest absolute Gasteiger partial charge is 0.266 e. The maximum atomic E-state index is 12.8. The summed E-state index contributed by atoms with van der Waals surface area (Å²) in [6.45, 7) is 1.98. The Kier molecular flexibility index (Phi) is 5.50. The summed E-state index contributed by atoms with van der Waals surface area (Å²) >= 11 is 0. The molecule has 2 aromatic carbocycles. The molecule has 0 saturated heterocycles. The minimum Gasteiger partial charge on any atom is -0.497 e. The number of imidazole rings is 1. The van der Waals surface area contributed by atoms with E-state index in [1.54, 1.807) is 37.5 Å². The highest BCUT2D eigenvalue weighted by Crippen LogP contribution is 2.28. The lowest BCUT2D eigenvalue weighted by atomic mass is 10.1. The molecule has 0 saturated carbocycles. The second-order valence-electron chi connectivity index (χ2n) is 6.95. The molecule has 1 N–H and O–H groups in total. The predicted molar refractivity (Wildman–Crippen MR) is 121 cm³/mol. The summed E-state index contributed by atoms with van der Waals surface area (Å²) < 4.78 is 7.09. The van der Waals surface area contributed by atoms with Crippen LogP contribution in [0.5, 0.6) is 5.75 Å². The largest absolute Gasteiger partial charge is 0.497 e. The van der Waals surface area contributed by atoms with Crippen LogP contribution in [0.3, 0.4) is 0 Å². The van der Waals surface area contributed by atoms with Crippen LogP contribution in [0.25, 0.3) is 23.0 Å². The maximum Gasteiger partial charge on any atom is 0.266 e. The number of rotatable bonds is 5. The first-order valence-electron chi connectivity index (χ1n) is 9.71. The Morgan fingerprint density at radius 2 is 1.94 bits per heavy atom. The number of nitrogens with zero attached hydrogens (tertiary/aromatic N) is 3. The van der Waals surface area contributed by atoms with Gasteiger partial charge in [0.2, 0.25) is 0 Å². The monoisotopic (exact) mass is 408 g/mol. The molecule has 152 valence electrons. The van der Waals surface area contributed by atoms with Crippen molar-refractivity contribution < 1.29 is 9.53 Å². The molecule has 0 aliphatic heterocycles. The molecule has 0 radical (unpaired) electrons. The quantitative estimate of drug-likeness (QED) is 0.378. The number of benzene rings is 2. The fourth-order valence-electron chi connectivity index (χ4n) is 3.35. The van der Waals surface area contributed by atoms with Gasteiger partial charge in [-0.2, -0.15) is 5.26 Å². The fourth-order valence-corrected chi connectivity index (χ4v) is 3.35. The summed E-state index contributed by atoms with van der Waals surface area (Å²) in [4.78, 5) is 17.6. The first kappa shape index (κ1) is 19.9. The average Bonchev–Trinajstić information content (AvgIpc) is 3.17. The molecule has 4 rings (SSSR count). The van der Waals surface area contributed by atoms with Crippen LogP contribution in [0.1, 0.15) is 11.3 Å². The number of aryl methyl sites for hydroxylation is 1. The molecule has 2 aromatic heterocycles. The molecule has 6 heteroatoms. The van der Waals surface area contributed by atoms with Gasteiger partial charge >= 0.3 is 0 Å². The Morgan fingerprint density at radius 1 is 1.13 bits per heavy atom. The normalized spacial score (nSPS) is 11.2. The predicted octanol–water partition coefficient (Wildman–Crippen LogP) is 4.86. The van der Waals surface area contributed by atoms with Gasteiger partial charge in [0, 0.05) is 23.5 Å². The van der Waals surface area contributed by atoms with Gasteiger partial charge in [-0.25, -0.2) is 4.98 Å². The number of nitrogens with one attached hydrogen (secondary N) is 1. The lowest BCUT2D eigenvalue weighted by molar-refractivity contribution is -0.112. The van der Waals surface area contributed by atoms with Crippen LogP contribution in [0.4, 0.5) is 5.69 Å². The molecular weight excluding hydrogens is 388 g/mol. The van der Waals surface area contributed by atoms with Crippen LogP contribution >= 0.6 is 0 Å². The molecule has 0 atom stereocenters. The molecule has 4 aromatic rings. The van der Waals surface area contributed by atoms with E-state index in [4.69, 9.17) is 9.72 Å². The van der Waals surface area contributed by atoms with Crippen molar-refractivity contribution in [2.75, 3.05) is 12.4 Å². The number of carbonyl (C=O) groups excluding carboxylic acids is 1. The van der Waals surface area contributed by atoms with E-state index in [0.717, 1.165) is 16.8 Å². The molecule has 31 heavy (non-hydrogen) atoms. The van der Waals surface area contributed by atoms with Gasteiger partial charge in [0.25, 0.3) is 5.91 Å². The van der Waals surface area contributed by atoms with E-state index in [1.807, 2.05) is 66.1 Å². The van der Waals surface area contributed by atoms with Crippen molar-refractivity contribution in [3.63, 3.8) is 0 Å². The van der Waals surface area contributed by atoms with Crippen LogP contribution in [0.2, 0.25) is 0 Å². The molecule has 2 heterocycles. The fraction of sp³-hybridized carbons (Fsp3) is 0.0800. The van der Waals surface area contributed by atoms with Crippen molar-refractivity contribution in [3.8, 4) is 23.1 Å². The molecule has 0 spiro atoms. The molecule has 0 aliphatic carbocycles. The second-order valence-corrected chi connectivity index (χ2v) is 6.95. The highest BCUT2D eigenvalue weighted by molar-refractivity contribution is 6.10. The number of amides is 1. The van der Waals surface area contributed by atoms with Crippen molar-refractivity contribution in [2.24, 2.45) is 0 Å². The molecule has 0 aliphatic rings. The van der Waals surface area contributed by atoms with Gasteiger partial charge in [-0.05, 0) is 36.8 Å². The minimum atomic E-state index is -0.502. The number of pyridine rings is 1. The van der Waals surface area contributed by atoms with Gasteiger partial charge in [-0.3, -0.25) is 9.20 Å². The first-order valence-corrected chi connectivity index (χ1v) is 9.71. The summed E-state index contributed by atoms with van der Waals surface area (Å²) in [5.41, 5.74) is 4.57. The zero-order chi connectivity index (χ0) is 21.8. The third kappa shape index (κ3) is 4.02. The van der Waals surface area contributed by atoms with Gasteiger partial charge in [0.1, 0.15) is 23.0 Å². The van der Waals surface area contributed by atoms with Gasteiger partial charge in [0.05, 0.1) is 18.5 Å². The summed E-state index contributed by atoms with van der Waals surface area (Å²) in [6.07, 6.45) is 3.46. The second kappa shape index (κ2) is 8.56. The van der Waals surface area contributed by atoms with E-state index in [0.29, 0.717) is 22.8 Å². The number of anilines is 1. The summed E-state index contributed by atoms with van der Waals surface area (Å²) in [7, 11) is 1.55. The lowest BCUT2D eigenvalue weighted by Gasteiger charge is -2.07. The minimum absolute atomic E-state index is 0.0247. The van der Waals surface area contributed by atoms with E-state index < -0.39 is 5.91 Å². The van der Waals surface area contributed by atoms with Gasteiger partial charge in [0.15, 0.2) is 0 Å². The van der Waals surface area contributed by atoms with Crippen LogP contribution in [0.15, 0.2) is 78.5 Å². The number of methoxy groups -OCH3 is 1. The van der Waals surface area contributed by atoms with E-state index in [1.165, 1.54) is 0 Å². The third-order valence-corrected chi connectivity index (χ3v) is 4.90. The lowest BCUT2D eigenvalue weighted by Crippen LogP contribution is -2.13. The zero-order valence-corrected chi connectivity index (χ0v) is 17.2. The number of carbonyl (C=O) groups is 1. The topological polar surface area (TPSA) is 79.4 Å². The highest BCUT2D eigenvalue weighted by Gasteiger charge is 2.17. The van der Waals surface area contributed by atoms with Gasteiger partial charge in [-0.15, -0.1) is 0 Å². The number of fused-ring (bicyclic) bond motifs is 1. The molecule has 0 bridgehead atoms. The number of hydrogen-bond donors (Lipinski definition) is 1. The zero-order valence-electron chi connectivity index (χ0n) is 17.2. The van der Waals surface area contributed by atoms with E-state index in [9.17, 15) is 10.1 Å². The summed E-state index contributed by atoms with van der Waals surface area (Å²) in [5.74, 6) is 0.112. The number of nitriles is 1.